The molecule has 0 saturated heterocycles. The van der Waals surface area contributed by atoms with Crippen LogP contribution in [-0.4, -0.2) is 16.7 Å². The third-order valence-corrected chi connectivity index (χ3v) is 2.00. The molecule has 1 rings (SSSR count). The van der Waals surface area contributed by atoms with E-state index in [1.165, 1.54) is 0 Å². The number of hydrogen-bond acceptors (Lipinski definition) is 3. The zero-order valence-electron chi connectivity index (χ0n) is 6.57. The summed E-state index contributed by atoms with van der Waals surface area (Å²) >= 11 is 3.25. The van der Waals surface area contributed by atoms with Crippen molar-refractivity contribution in [3.05, 3.63) is 28.5 Å². The largest absolute Gasteiger partial charge is 0.396 e. The van der Waals surface area contributed by atoms with Gasteiger partial charge in [-0.15, -0.1) is 0 Å². The Bertz CT molecular complexity index is 255. The van der Waals surface area contributed by atoms with E-state index in [0.717, 1.165) is 10.3 Å². The van der Waals surface area contributed by atoms with Gasteiger partial charge in [-0.3, -0.25) is 0 Å². The van der Waals surface area contributed by atoms with E-state index in [4.69, 9.17) is 10.8 Å². The first kappa shape index (κ1) is 9.64. The van der Waals surface area contributed by atoms with Crippen LogP contribution in [0, 0.1) is 0 Å². The average Bonchev–Trinajstić information content (AvgIpc) is 2.05. The van der Waals surface area contributed by atoms with Gasteiger partial charge in [0.15, 0.2) is 0 Å². The van der Waals surface area contributed by atoms with Gasteiger partial charge in [-0.2, -0.15) is 0 Å². The maximum atomic E-state index is 8.65. The van der Waals surface area contributed by atoms with Crippen molar-refractivity contribution in [2.75, 3.05) is 6.61 Å². The lowest BCUT2D eigenvalue weighted by atomic mass is 10.1. The van der Waals surface area contributed by atoms with Gasteiger partial charge in [0.1, 0.15) is 4.60 Å². The van der Waals surface area contributed by atoms with Crippen molar-refractivity contribution in [1.82, 2.24) is 4.98 Å². The summed E-state index contributed by atoms with van der Waals surface area (Å²) in [6.45, 7) is 0.0926. The molecule has 1 atom stereocenters. The summed E-state index contributed by atoms with van der Waals surface area (Å²) in [7, 11) is 0. The summed E-state index contributed by atoms with van der Waals surface area (Å²) < 4.78 is 0.772. The molecule has 0 radical (unpaired) electrons. The highest BCUT2D eigenvalue weighted by Crippen LogP contribution is 2.13. The minimum atomic E-state index is -0.174. The van der Waals surface area contributed by atoms with Crippen LogP contribution >= 0.6 is 15.9 Å². The number of nitrogens with two attached hydrogens (primary N) is 1. The second kappa shape index (κ2) is 4.54. The lowest BCUT2D eigenvalue weighted by Gasteiger charge is -2.08. The predicted molar refractivity (Wildman–Crippen MR) is 50.6 cm³/mol. The van der Waals surface area contributed by atoms with Crippen molar-refractivity contribution in [3.63, 3.8) is 0 Å². The van der Waals surface area contributed by atoms with Crippen LogP contribution in [-0.2, 0) is 0 Å². The van der Waals surface area contributed by atoms with Gasteiger partial charge >= 0.3 is 0 Å². The van der Waals surface area contributed by atoms with E-state index in [9.17, 15) is 0 Å². The van der Waals surface area contributed by atoms with Crippen LogP contribution in [0.5, 0.6) is 0 Å². The van der Waals surface area contributed by atoms with Crippen molar-refractivity contribution in [2.24, 2.45) is 5.73 Å². The molecule has 12 heavy (non-hydrogen) atoms. The van der Waals surface area contributed by atoms with Crippen LogP contribution in [0.4, 0.5) is 0 Å². The Labute approximate surface area is 79.7 Å². The van der Waals surface area contributed by atoms with Gasteiger partial charge in [0, 0.05) is 12.6 Å². The molecule has 0 aliphatic heterocycles. The predicted octanol–water partition coefficient (Wildman–Crippen LogP) is 1.23. The molecule has 1 heterocycles. The van der Waals surface area contributed by atoms with E-state index < -0.39 is 0 Å². The normalized spacial score (nSPS) is 12.9. The number of halogens is 1. The zero-order chi connectivity index (χ0) is 8.97. The fourth-order valence-corrected chi connectivity index (χ4v) is 1.27. The summed E-state index contributed by atoms with van der Waals surface area (Å²) in [4.78, 5) is 4.17. The molecule has 1 aromatic heterocycles. The Kier molecular flexibility index (Phi) is 3.65. The molecule has 0 aliphatic carbocycles. The Morgan fingerprint density at radius 1 is 1.58 bits per heavy atom. The van der Waals surface area contributed by atoms with E-state index >= 15 is 0 Å². The molecular formula is C8H11BrN2O. The van der Waals surface area contributed by atoms with Crippen molar-refractivity contribution in [1.29, 1.82) is 0 Å². The summed E-state index contributed by atoms with van der Waals surface area (Å²) in [6, 6.07) is 5.40. The minimum absolute atomic E-state index is 0.0926. The quantitative estimate of drug-likeness (QED) is 0.769. The van der Waals surface area contributed by atoms with Crippen molar-refractivity contribution in [3.8, 4) is 0 Å². The zero-order valence-corrected chi connectivity index (χ0v) is 8.16. The van der Waals surface area contributed by atoms with E-state index in [1.807, 2.05) is 18.2 Å². The fraction of sp³-hybridized carbons (Fsp3) is 0.375. The lowest BCUT2D eigenvalue weighted by Crippen LogP contribution is -2.13. The smallest absolute Gasteiger partial charge is 0.106 e. The van der Waals surface area contributed by atoms with E-state index in [-0.39, 0.29) is 12.6 Å². The molecule has 3 N–H and O–H groups in total. The molecule has 3 nitrogen and oxygen atoms in total. The third kappa shape index (κ3) is 2.55. The monoisotopic (exact) mass is 230 g/mol. The molecule has 1 aromatic rings. The average molecular weight is 231 g/mol. The molecule has 0 fully saturated rings. The molecule has 0 spiro atoms. The third-order valence-electron chi connectivity index (χ3n) is 1.56. The van der Waals surface area contributed by atoms with E-state index in [0.29, 0.717) is 6.42 Å². The van der Waals surface area contributed by atoms with Gasteiger partial charge < -0.3 is 10.8 Å². The molecule has 0 aliphatic rings. The first-order valence-corrected chi connectivity index (χ1v) is 4.52. The number of aliphatic hydroxyl groups is 1. The SMILES string of the molecule is NC(CCO)c1cccc(Br)n1. The molecule has 0 aromatic carbocycles. The number of rotatable bonds is 3. The molecule has 66 valence electrons. The highest BCUT2D eigenvalue weighted by molar-refractivity contribution is 9.10. The van der Waals surface area contributed by atoms with Crippen LogP contribution in [0.2, 0.25) is 0 Å². The lowest BCUT2D eigenvalue weighted by molar-refractivity contribution is 0.275. The van der Waals surface area contributed by atoms with Gasteiger partial charge in [0.2, 0.25) is 0 Å². The van der Waals surface area contributed by atoms with Gasteiger partial charge in [0.25, 0.3) is 0 Å². The highest BCUT2D eigenvalue weighted by Gasteiger charge is 2.05. The number of aromatic nitrogens is 1. The Hall–Kier alpha value is -0.450. The number of nitrogens with zero attached hydrogens (tertiary/aromatic N) is 1. The van der Waals surface area contributed by atoms with Crippen LogP contribution in [0.1, 0.15) is 18.2 Å². The first-order chi connectivity index (χ1) is 5.74. The first-order valence-electron chi connectivity index (χ1n) is 3.73. The van der Waals surface area contributed by atoms with Crippen LogP contribution in [0.3, 0.4) is 0 Å². The van der Waals surface area contributed by atoms with Gasteiger partial charge in [0.05, 0.1) is 5.69 Å². The maximum absolute atomic E-state index is 8.65. The van der Waals surface area contributed by atoms with E-state index in [1.54, 1.807) is 0 Å². The Morgan fingerprint density at radius 2 is 2.33 bits per heavy atom. The highest BCUT2D eigenvalue weighted by atomic mass is 79.9. The van der Waals surface area contributed by atoms with Crippen LogP contribution in [0.25, 0.3) is 0 Å². The van der Waals surface area contributed by atoms with Crippen LogP contribution < -0.4 is 5.73 Å². The molecule has 4 heteroatoms. The summed E-state index contributed by atoms with van der Waals surface area (Å²) in [5.74, 6) is 0. The van der Waals surface area contributed by atoms with Crippen LogP contribution in [0.15, 0.2) is 22.8 Å². The van der Waals surface area contributed by atoms with Crippen molar-refractivity contribution < 1.29 is 5.11 Å². The summed E-state index contributed by atoms with van der Waals surface area (Å²) in [6.07, 6.45) is 0.545. The van der Waals surface area contributed by atoms with Crippen molar-refractivity contribution in [2.45, 2.75) is 12.5 Å². The van der Waals surface area contributed by atoms with Gasteiger partial charge in [-0.1, -0.05) is 6.07 Å². The molecule has 1 unspecified atom stereocenters. The second-order valence-corrected chi connectivity index (χ2v) is 3.32. The summed E-state index contributed by atoms with van der Waals surface area (Å²) in [5, 5.41) is 8.65. The standard InChI is InChI=1S/C8H11BrN2O/c9-8-3-1-2-7(11-8)6(10)4-5-12/h1-3,6,12H,4-5,10H2. The molecular weight excluding hydrogens is 220 g/mol. The minimum Gasteiger partial charge on any atom is -0.396 e. The Balaban J connectivity index is 2.73. The topological polar surface area (TPSA) is 59.1 Å². The van der Waals surface area contributed by atoms with Gasteiger partial charge in [-0.25, -0.2) is 4.98 Å². The summed E-state index contributed by atoms with van der Waals surface area (Å²) in [5.41, 5.74) is 6.54. The molecule has 0 saturated carbocycles. The Morgan fingerprint density at radius 3 is 2.92 bits per heavy atom. The maximum Gasteiger partial charge on any atom is 0.106 e. The number of hydrogen-bond donors (Lipinski definition) is 2. The molecule has 0 amide bonds. The number of aliphatic hydroxyl groups excluding tert-OH is 1. The van der Waals surface area contributed by atoms with Crippen molar-refractivity contribution >= 4 is 15.9 Å². The second-order valence-electron chi connectivity index (χ2n) is 2.50. The fourth-order valence-electron chi connectivity index (χ4n) is 0.917. The van der Waals surface area contributed by atoms with E-state index in [2.05, 4.69) is 20.9 Å². The molecule has 0 bridgehead atoms. The van der Waals surface area contributed by atoms with Gasteiger partial charge in [-0.05, 0) is 34.5 Å². The number of pyridine rings is 1.